The lowest BCUT2D eigenvalue weighted by Gasteiger charge is -2.19. The zero-order valence-electron chi connectivity index (χ0n) is 16.5. The van der Waals surface area contributed by atoms with Crippen LogP contribution in [0.4, 0.5) is 16.3 Å². The molecule has 4 rings (SSSR count). The van der Waals surface area contributed by atoms with E-state index in [1.165, 1.54) is 11.3 Å². The minimum Gasteiger partial charge on any atom is -0.371 e. The third-order valence-corrected chi connectivity index (χ3v) is 5.19. The maximum absolute atomic E-state index is 11.9. The summed E-state index contributed by atoms with van der Waals surface area (Å²) in [5.41, 5.74) is 3.72. The molecule has 0 saturated carbocycles. The Kier molecular flexibility index (Phi) is 6.10. The molecule has 150 valence electrons. The van der Waals surface area contributed by atoms with Crippen molar-refractivity contribution < 1.29 is 4.79 Å². The summed E-state index contributed by atoms with van der Waals surface area (Å²) in [4.78, 5) is 18.9. The van der Waals surface area contributed by atoms with Crippen LogP contribution in [0.5, 0.6) is 0 Å². The summed E-state index contributed by atoms with van der Waals surface area (Å²) in [5.74, 6) is 0.816. The number of benzene rings is 2. The van der Waals surface area contributed by atoms with Crippen molar-refractivity contribution in [1.29, 1.82) is 0 Å². The van der Waals surface area contributed by atoms with Crippen LogP contribution in [-0.2, 0) is 6.42 Å². The van der Waals surface area contributed by atoms with Crippen LogP contribution in [0.2, 0.25) is 0 Å². The van der Waals surface area contributed by atoms with Gasteiger partial charge in [0.25, 0.3) is 0 Å². The Hall–Kier alpha value is -3.28. The minimum absolute atomic E-state index is 0.125. The molecule has 2 heterocycles. The first-order valence-corrected chi connectivity index (χ1v) is 10.2. The number of nitrogens with zero attached hydrogens (tertiary/aromatic N) is 2. The number of carbonyl (C=O) groups excluding carboxylic acids is 1. The van der Waals surface area contributed by atoms with Gasteiger partial charge in [0.15, 0.2) is 0 Å². The molecule has 0 spiro atoms. The lowest BCUT2D eigenvalue weighted by Crippen LogP contribution is -2.39. The van der Waals surface area contributed by atoms with Gasteiger partial charge in [-0.25, -0.2) is 9.78 Å². The summed E-state index contributed by atoms with van der Waals surface area (Å²) >= 11 is 0. The fourth-order valence-electron chi connectivity index (χ4n) is 3.70. The van der Waals surface area contributed by atoms with E-state index in [1.54, 1.807) is 0 Å². The van der Waals surface area contributed by atoms with Crippen molar-refractivity contribution >= 4 is 28.4 Å². The van der Waals surface area contributed by atoms with E-state index in [2.05, 4.69) is 50.1 Å². The topological polar surface area (TPSA) is 69.3 Å². The molecule has 1 aromatic heterocycles. The number of pyridine rings is 1. The molecule has 1 aliphatic rings. The van der Waals surface area contributed by atoms with Gasteiger partial charge in [-0.2, -0.15) is 0 Å². The SMILES string of the molecule is O=C(NCCCN1CCc2ccccc21)NCCNc1ccc2ccccc2n1. The molecule has 0 unspecified atom stereocenters. The van der Waals surface area contributed by atoms with E-state index in [4.69, 9.17) is 0 Å². The maximum Gasteiger partial charge on any atom is 0.314 e. The number of para-hydroxylation sites is 2. The molecule has 0 atom stereocenters. The highest BCUT2D eigenvalue weighted by atomic mass is 16.2. The summed E-state index contributed by atoms with van der Waals surface area (Å²) in [6, 6.07) is 20.5. The highest BCUT2D eigenvalue weighted by Gasteiger charge is 2.17. The Morgan fingerprint density at radius 1 is 0.931 bits per heavy atom. The third-order valence-electron chi connectivity index (χ3n) is 5.19. The van der Waals surface area contributed by atoms with E-state index < -0.39 is 0 Å². The van der Waals surface area contributed by atoms with E-state index in [1.807, 2.05) is 36.4 Å². The minimum atomic E-state index is -0.125. The van der Waals surface area contributed by atoms with Gasteiger partial charge in [-0.05, 0) is 42.7 Å². The largest absolute Gasteiger partial charge is 0.371 e. The molecular weight excluding hydrogens is 362 g/mol. The van der Waals surface area contributed by atoms with Gasteiger partial charge >= 0.3 is 6.03 Å². The first-order chi connectivity index (χ1) is 14.3. The van der Waals surface area contributed by atoms with Crippen LogP contribution in [0.3, 0.4) is 0 Å². The maximum atomic E-state index is 11.9. The van der Waals surface area contributed by atoms with Gasteiger partial charge in [-0.1, -0.05) is 36.4 Å². The van der Waals surface area contributed by atoms with E-state index in [-0.39, 0.29) is 6.03 Å². The molecular formula is C23H27N5O. The summed E-state index contributed by atoms with van der Waals surface area (Å²) < 4.78 is 0. The van der Waals surface area contributed by atoms with E-state index in [0.717, 1.165) is 42.7 Å². The number of hydrogen-bond acceptors (Lipinski definition) is 4. The third kappa shape index (κ3) is 4.96. The molecule has 0 radical (unpaired) electrons. The van der Waals surface area contributed by atoms with Gasteiger partial charge in [0.2, 0.25) is 0 Å². The number of carbonyl (C=O) groups is 1. The molecule has 29 heavy (non-hydrogen) atoms. The lowest BCUT2D eigenvalue weighted by atomic mass is 10.2. The second kappa shape index (κ2) is 9.28. The van der Waals surface area contributed by atoms with Crippen LogP contribution < -0.4 is 20.9 Å². The summed E-state index contributed by atoms with van der Waals surface area (Å²) in [5, 5.41) is 10.2. The molecule has 0 aliphatic carbocycles. The number of aromatic nitrogens is 1. The number of nitrogens with one attached hydrogen (secondary N) is 3. The molecule has 0 bridgehead atoms. The molecule has 2 amide bonds. The van der Waals surface area contributed by atoms with Crippen LogP contribution in [-0.4, -0.2) is 43.7 Å². The normalized spacial score (nSPS) is 12.6. The Morgan fingerprint density at radius 3 is 2.72 bits per heavy atom. The molecule has 1 aliphatic heterocycles. The Balaban J connectivity index is 1.10. The van der Waals surface area contributed by atoms with Crippen molar-refractivity contribution in [1.82, 2.24) is 15.6 Å². The second-order valence-electron chi connectivity index (χ2n) is 7.22. The van der Waals surface area contributed by atoms with Crippen molar-refractivity contribution in [3.05, 3.63) is 66.2 Å². The van der Waals surface area contributed by atoms with Crippen LogP contribution in [0.25, 0.3) is 10.9 Å². The summed E-state index contributed by atoms with van der Waals surface area (Å²) in [6.45, 7) is 3.87. The average molecular weight is 390 g/mol. The summed E-state index contributed by atoms with van der Waals surface area (Å²) in [6.07, 6.45) is 2.05. The van der Waals surface area contributed by atoms with Crippen molar-refractivity contribution in [2.75, 3.05) is 42.9 Å². The van der Waals surface area contributed by atoms with Gasteiger partial charge < -0.3 is 20.9 Å². The van der Waals surface area contributed by atoms with E-state index >= 15 is 0 Å². The number of fused-ring (bicyclic) bond motifs is 2. The van der Waals surface area contributed by atoms with Crippen LogP contribution >= 0.6 is 0 Å². The Bertz CT molecular complexity index is 974. The Labute approximate surface area is 171 Å². The van der Waals surface area contributed by atoms with Gasteiger partial charge in [0.1, 0.15) is 5.82 Å². The van der Waals surface area contributed by atoms with Gasteiger partial charge in [-0.3, -0.25) is 0 Å². The number of rotatable bonds is 8. The molecule has 3 N–H and O–H groups in total. The lowest BCUT2D eigenvalue weighted by molar-refractivity contribution is 0.241. The van der Waals surface area contributed by atoms with Gasteiger partial charge in [0.05, 0.1) is 5.52 Å². The van der Waals surface area contributed by atoms with Crippen LogP contribution in [0.1, 0.15) is 12.0 Å². The van der Waals surface area contributed by atoms with Gasteiger partial charge in [-0.15, -0.1) is 0 Å². The van der Waals surface area contributed by atoms with Crippen LogP contribution in [0.15, 0.2) is 60.7 Å². The first-order valence-electron chi connectivity index (χ1n) is 10.2. The molecule has 6 heteroatoms. The van der Waals surface area contributed by atoms with Crippen molar-refractivity contribution in [2.45, 2.75) is 12.8 Å². The quantitative estimate of drug-likeness (QED) is 0.517. The second-order valence-corrected chi connectivity index (χ2v) is 7.22. The molecule has 0 saturated heterocycles. The van der Waals surface area contributed by atoms with E-state index in [9.17, 15) is 4.79 Å². The average Bonchev–Trinajstić information content (AvgIpc) is 3.17. The van der Waals surface area contributed by atoms with Crippen molar-refractivity contribution in [3.8, 4) is 0 Å². The molecule has 3 aromatic rings. The first kappa shape index (κ1) is 19.1. The van der Waals surface area contributed by atoms with Crippen molar-refractivity contribution in [3.63, 3.8) is 0 Å². The zero-order chi connectivity index (χ0) is 19.9. The fraction of sp³-hybridized carbons (Fsp3) is 0.304. The van der Waals surface area contributed by atoms with Gasteiger partial charge in [0, 0.05) is 43.8 Å². The monoisotopic (exact) mass is 389 g/mol. The molecule has 6 nitrogen and oxygen atoms in total. The number of amides is 2. The molecule has 0 fully saturated rings. The zero-order valence-corrected chi connectivity index (χ0v) is 16.5. The highest BCUT2D eigenvalue weighted by Crippen LogP contribution is 2.27. The van der Waals surface area contributed by atoms with E-state index in [0.29, 0.717) is 19.6 Å². The Morgan fingerprint density at radius 2 is 1.76 bits per heavy atom. The highest BCUT2D eigenvalue weighted by molar-refractivity contribution is 5.80. The number of urea groups is 1. The summed E-state index contributed by atoms with van der Waals surface area (Å²) in [7, 11) is 0. The predicted octanol–water partition coefficient (Wildman–Crippen LogP) is 3.40. The number of hydrogen-bond donors (Lipinski definition) is 3. The number of anilines is 2. The fourth-order valence-corrected chi connectivity index (χ4v) is 3.70. The predicted molar refractivity (Wildman–Crippen MR) is 119 cm³/mol. The molecule has 2 aromatic carbocycles. The standard InChI is InChI=1S/C23H27N5O/c29-23(25-13-5-16-28-17-12-19-7-2-4-9-21(19)28)26-15-14-24-22-11-10-18-6-1-3-8-20(18)27-22/h1-4,6-11H,5,12-17H2,(H,24,27)(H2,25,26,29). The van der Waals surface area contributed by atoms with Crippen LogP contribution in [0, 0.1) is 0 Å². The van der Waals surface area contributed by atoms with Crippen molar-refractivity contribution in [2.24, 2.45) is 0 Å². The smallest absolute Gasteiger partial charge is 0.314 e.